The average molecular weight is 322 g/mol. The Bertz CT molecular complexity index is 837. The molecule has 0 aliphatic heterocycles. The van der Waals surface area contributed by atoms with E-state index in [1.165, 1.54) is 5.56 Å². The van der Waals surface area contributed by atoms with Crippen molar-refractivity contribution in [2.75, 3.05) is 0 Å². The van der Waals surface area contributed by atoms with Crippen LogP contribution in [0.2, 0.25) is 0 Å². The molecule has 0 amide bonds. The van der Waals surface area contributed by atoms with E-state index in [-0.39, 0.29) is 1.43 Å². The predicted octanol–water partition coefficient (Wildman–Crippen LogP) is 5.26. The number of aromatic amines is 1. The van der Waals surface area contributed by atoms with Crippen LogP contribution in [0.4, 0.5) is 0 Å². The summed E-state index contributed by atoms with van der Waals surface area (Å²) in [5, 5.41) is 0. The third-order valence-corrected chi connectivity index (χ3v) is 3.69. The lowest BCUT2D eigenvalue weighted by molar-refractivity contribution is 0.771. The fourth-order valence-corrected chi connectivity index (χ4v) is 2.22. The highest BCUT2D eigenvalue weighted by molar-refractivity contribution is 5.74. The van der Waals surface area contributed by atoms with Crippen LogP contribution in [0.25, 0.3) is 23.2 Å². The highest BCUT2D eigenvalue weighted by Gasteiger charge is 2.04. The lowest BCUT2D eigenvalue weighted by atomic mass is 10.1. The first-order chi connectivity index (χ1) is 11.6. The van der Waals surface area contributed by atoms with Crippen molar-refractivity contribution < 1.29 is 1.43 Å². The van der Waals surface area contributed by atoms with Crippen molar-refractivity contribution in [2.45, 2.75) is 33.1 Å². The number of nitrogens with zero attached hydrogens (tertiary/aromatic N) is 3. The molecule has 0 saturated heterocycles. The first-order valence-electron chi connectivity index (χ1n) is 8.12. The van der Waals surface area contributed by atoms with E-state index in [0.717, 1.165) is 34.5 Å². The first kappa shape index (κ1) is 17.6. The number of benzene rings is 1. The number of hydrogen-bond donors (Lipinski definition) is 1. The van der Waals surface area contributed by atoms with Crippen LogP contribution in [-0.4, -0.2) is 19.9 Å². The van der Waals surface area contributed by atoms with Gasteiger partial charge in [-0.3, -0.25) is 0 Å². The van der Waals surface area contributed by atoms with Crippen molar-refractivity contribution in [2.24, 2.45) is 0 Å². The van der Waals surface area contributed by atoms with Gasteiger partial charge in [-0.05, 0) is 30.2 Å². The molecular formula is C20H26N4. The van der Waals surface area contributed by atoms with Gasteiger partial charge >= 0.3 is 0 Å². The molecule has 0 aliphatic rings. The molecule has 1 N–H and O–H groups in total. The molecule has 0 spiro atoms. The SMILES string of the molecule is C=Cc1cnc(C(C)C)nc1C=C.CCc1ccc2nc[nH]c2c1.[HH]. The largest absolute Gasteiger partial charge is 0.345 e. The Labute approximate surface area is 144 Å². The standard InChI is InChI=1S/C11H14N2.C9H10N2.H2/c1-5-9-7-12-11(8(3)4)13-10(9)6-2;1-2-7-3-4-8-9(5-7)11-6-10-8;/h5-8H,1-2H2,3-4H3;3-6H,2H2,1H3,(H,10,11);1H. The summed E-state index contributed by atoms with van der Waals surface area (Å²) in [4.78, 5) is 15.8. The zero-order valence-electron chi connectivity index (χ0n) is 14.6. The number of rotatable bonds is 4. The maximum Gasteiger partial charge on any atom is 0.131 e. The topological polar surface area (TPSA) is 54.5 Å². The number of fused-ring (bicyclic) bond motifs is 1. The van der Waals surface area contributed by atoms with Gasteiger partial charge in [0.05, 0.1) is 23.1 Å². The van der Waals surface area contributed by atoms with E-state index in [1.54, 1.807) is 24.7 Å². The number of hydrogen-bond acceptors (Lipinski definition) is 3. The fourth-order valence-electron chi connectivity index (χ4n) is 2.22. The van der Waals surface area contributed by atoms with Gasteiger partial charge in [0.25, 0.3) is 0 Å². The van der Waals surface area contributed by atoms with Crippen LogP contribution in [0.3, 0.4) is 0 Å². The van der Waals surface area contributed by atoms with E-state index in [2.05, 4.69) is 66.0 Å². The molecule has 0 fully saturated rings. The lowest BCUT2D eigenvalue weighted by Gasteiger charge is -2.05. The van der Waals surface area contributed by atoms with Gasteiger partial charge in [0, 0.05) is 19.1 Å². The summed E-state index contributed by atoms with van der Waals surface area (Å²) in [6.45, 7) is 13.7. The normalized spacial score (nSPS) is 10.3. The third kappa shape index (κ3) is 4.16. The molecule has 4 heteroatoms. The van der Waals surface area contributed by atoms with E-state index in [9.17, 15) is 0 Å². The van der Waals surface area contributed by atoms with E-state index in [1.807, 2.05) is 6.07 Å². The van der Waals surface area contributed by atoms with Crippen molar-refractivity contribution in [1.29, 1.82) is 0 Å². The van der Waals surface area contributed by atoms with Gasteiger partial charge in [-0.15, -0.1) is 0 Å². The van der Waals surface area contributed by atoms with Gasteiger partial charge in [0.2, 0.25) is 0 Å². The van der Waals surface area contributed by atoms with Gasteiger partial charge < -0.3 is 4.98 Å². The van der Waals surface area contributed by atoms with Crippen molar-refractivity contribution in [3.05, 3.63) is 66.5 Å². The van der Waals surface area contributed by atoms with Crippen molar-refractivity contribution >= 4 is 23.2 Å². The summed E-state index contributed by atoms with van der Waals surface area (Å²) in [6, 6.07) is 6.30. The van der Waals surface area contributed by atoms with Crippen LogP contribution in [0.5, 0.6) is 0 Å². The van der Waals surface area contributed by atoms with Gasteiger partial charge in [-0.1, -0.05) is 46.1 Å². The van der Waals surface area contributed by atoms with Crippen molar-refractivity contribution in [3.63, 3.8) is 0 Å². The summed E-state index contributed by atoms with van der Waals surface area (Å²) in [7, 11) is 0. The molecule has 0 radical (unpaired) electrons. The lowest BCUT2D eigenvalue weighted by Crippen LogP contribution is -2.00. The molecule has 126 valence electrons. The van der Waals surface area contributed by atoms with E-state index in [0.29, 0.717) is 5.92 Å². The molecule has 0 unspecified atom stereocenters. The van der Waals surface area contributed by atoms with Crippen LogP contribution >= 0.6 is 0 Å². The predicted molar refractivity (Wildman–Crippen MR) is 104 cm³/mol. The number of nitrogens with one attached hydrogen (secondary N) is 1. The molecule has 1 aromatic carbocycles. The van der Waals surface area contributed by atoms with E-state index < -0.39 is 0 Å². The molecule has 0 bridgehead atoms. The minimum atomic E-state index is 0. The Morgan fingerprint density at radius 2 is 2.00 bits per heavy atom. The van der Waals surface area contributed by atoms with Gasteiger partial charge in [0.1, 0.15) is 5.82 Å². The van der Waals surface area contributed by atoms with Crippen LogP contribution in [0, 0.1) is 0 Å². The Hall–Kier alpha value is -2.75. The summed E-state index contributed by atoms with van der Waals surface area (Å²) >= 11 is 0. The second kappa shape index (κ2) is 8.20. The highest BCUT2D eigenvalue weighted by atomic mass is 14.9. The zero-order valence-corrected chi connectivity index (χ0v) is 14.6. The number of imidazole rings is 1. The van der Waals surface area contributed by atoms with Gasteiger partial charge in [-0.25, -0.2) is 15.0 Å². The van der Waals surface area contributed by atoms with Crippen molar-refractivity contribution in [3.8, 4) is 0 Å². The third-order valence-electron chi connectivity index (χ3n) is 3.69. The van der Waals surface area contributed by atoms with Crippen molar-refractivity contribution in [1.82, 2.24) is 19.9 Å². The van der Waals surface area contributed by atoms with Crippen LogP contribution in [-0.2, 0) is 6.42 Å². The second-order valence-electron chi connectivity index (χ2n) is 5.74. The minimum absolute atomic E-state index is 0. The Morgan fingerprint density at radius 1 is 1.21 bits per heavy atom. The Morgan fingerprint density at radius 3 is 2.62 bits per heavy atom. The Kier molecular flexibility index (Phi) is 6.01. The molecular weight excluding hydrogens is 296 g/mol. The molecule has 3 aromatic rings. The molecule has 2 heterocycles. The van der Waals surface area contributed by atoms with Crippen LogP contribution in [0.1, 0.15) is 50.8 Å². The van der Waals surface area contributed by atoms with Crippen LogP contribution < -0.4 is 0 Å². The zero-order chi connectivity index (χ0) is 17.5. The van der Waals surface area contributed by atoms with E-state index >= 15 is 0 Å². The van der Waals surface area contributed by atoms with Gasteiger partial charge in [-0.2, -0.15) is 0 Å². The quantitative estimate of drug-likeness (QED) is 0.713. The second-order valence-corrected chi connectivity index (χ2v) is 5.74. The maximum absolute atomic E-state index is 4.36. The number of H-pyrrole nitrogens is 1. The average Bonchev–Trinajstić information content (AvgIpc) is 3.09. The molecule has 3 rings (SSSR count). The number of aryl methyl sites for hydroxylation is 1. The molecule has 0 aliphatic carbocycles. The number of aromatic nitrogens is 4. The highest BCUT2D eigenvalue weighted by Crippen LogP contribution is 2.13. The Balaban J connectivity index is 0.000000243. The summed E-state index contributed by atoms with van der Waals surface area (Å²) < 4.78 is 0. The maximum atomic E-state index is 4.36. The van der Waals surface area contributed by atoms with Gasteiger partial charge in [0.15, 0.2) is 0 Å². The monoisotopic (exact) mass is 322 g/mol. The molecule has 0 saturated carbocycles. The minimum Gasteiger partial charge on any atom is -0.345 e. The summed E-state index contributed by atoms with van der Waals surface area (Å²) in [5.41, 5.74) is 5.31. The summed E-state index contributed by atoms with van der Waals surface area (Å²) in [6.07, 6.45) is 8.05. The smallest absolute Gasteiger partial charge is 0.131 e. The molecule has 4 nitrogen and oxygen atoms in total. The van der Waals surface area contributed by atoms with E-state index in [4.69, 9.17) is 0 Å². The molecule has 0 atom stereocenters. The fraction of sp³-hybridized carbons (Fsp3) is 0.250. The van der Waals surface area contributed by atoms with Crippen LogP contribution in [0.15, 0.2) is 43.9 Å². The molecule has 24 heavy (non-hydrogen) atoms. The summed E-state index contributed by atoms with van der Waals surface area (Å²) in [5.74, 6) is 1.19. The molecule has 2 aromatic heterocycles. The first-order valence-corrected chi connectivity index (χ1v) is 8.12.